The summed E-state index contributed by atoms with van der Waals surface area (Å²) in [5, 5.41) is 4.31. The van der Waals surface area contributed by atoms with E-state index in [-0.39, 0.29) is 30.4 Å². The number of carbonyl (C=O) groups excluding carboxylic acids is 1. The normalized spacial score (nSPS) is 20.5. The molecule has 1 unspecified atom stereocenters. The highest BCUT2D eigenvalue weighted by Crippen LogP contribution is 2.53. The fourth-order valence-corrected chi connectivity index (χ4v) is 4.82. The number of nitrogen functional groups attached to an aromatic ring is 1. The maximum Gasteiger partial charge on any atom is 0.416 e. The van der Waals surface area contributed by atoms with Crippen LogP contribution in [-0.4, -0.2) is 30.4 Å². The van der Waals surface area contributed by atoms with E-state index < -0.39 is 17.2 Å². The Morgan fingerprint density at radius 2 is 1.97 bits per heavy atom. The van der Waals surface area contributed by atoms with Crippen molar-refractivity contribution in [1.82, 2.24) is 5.16 Å². The van der Waals surface area contributed by atoms with Crippen molar-refractivity contribution >= 4 is 28.4 Å². The third kappa shape index (κ3) is 2.88. The molecule has 3 heterocycles. The van der Waals surface area contributed by atoms with E-state index in [2.05, 4.69) is 5.16 Å². The van der Waals surface area contributed by atoms with Crippen molar-refractivity contribution in [3.63, 3.8) is 0 Å². The number of rotatable bonds is 3. The molecule has 1 atom stereocenters. The Balaban J connectivity index is 1.65. The van der Waals surface area contributed by atoms with Gasteiger partial charge in [0.25, 0.3) is 0 Å². The van der Waals surface area contributed by atoms with Gasteiger partial charge in [0, 0.05) is 17.3 Å². The van der Waals surface area contributed by atoms with Crippen molar-refractivity contribution in [3.8, 4) is 5.75 Å². The smallest absolute Gasteiger partial charge is 0.416 e. The maximum atomic E-state index is 14.0. The predicted octanol–water partition coefficient (Wildman–Crippen LogP) is 4.89. The lowest BCUT2D eigenvalue weighted by molar-refractivity contribution is -0.122. The van der Waals surface area contributed by atoms with E-state index in [0.29, 0.717) is 33.5 Å². The van der Waals surface area contributed by atoms with Gasteiger partial charge < -0.3 is 19.9 Å². The Kier molecular flexibility index (Phi) is 4.56. The molecule has 2 aliphatic rings. The Hall–Kier alpha value is -3.75. The minimum Gasteiger partial charge on any atom is -0.491 e. The number of halogens is 3. The molecule has 6 nitrogen and oxygen atoms in total. The molecule has 5 rings (SSSR count). The number of nitrogens with zero attached hydrogens (tertiary/aromatic N) is 2. The van der Waals surface area contributed by atoms with Crippen LogP contribution in [0.1, 0.15) is 25.0 Å². The molecule has 2 aromatic carbocycles. The Morgan fingerprint density at radius 3 is 2.67 bits per heavy atom. The van der Waals surface area contributed by atoms with Gasteiger partial charge in [0.05, 0.1) is 17.5 Å². The van der Waals surface area contributed by atoms with Crippen LogP contribution < -0.4 is 15.4 Å². The van der Waals surface area contributed by atoms with E-state index in [9.17, 15) is 18.0 Å². The Bertz CT molecular complexity index is 1360. The predicted molar refractivity (Wildman–Crippen MR) is 117 cm³/mol. The van der Waals surface area contributed by atoms with Crippen molar-refractivity contribution in [2.24, 2.45) is 0 Å². The molecule has 1 aromatic heterocycles. The lowest BCUT2D eigenvalue weighted by Gasteiger charge is -2.25. The van der Waals surface area contributed by atoms with Crippen LogP contribution in [0.25, 0.3) is 11.0 Å². The van der Waals surface area contributed by atoms with Crippen molar-refractivity contribution in [3.05, 3.63) is 70.8 Å². The van der Waals surface area contributed by atoms with E-state index in [1.807, 2.05) is 6.07 Å². The summed E-state index contributed by atoms with van der Waals surface area (Å²) in [4.78, 5) is 15.4. The molecule has 0 saturated heterocycles. The average Bonchev–Trinajstić information content (AvgIpc) is 3.41. The van der Waals surface area contributed by atoms with Gasteiger partial charge in [-0.25, -0.2) is 0 Å². The topological polar surface area (TPSA) is 81.6 Å². The number of ether oxygens (including phenoxy) is 1. The number of benzene rings is 2. The molecule has 0 bridgehead atoms. The maximum absolute atomic E-state index is 14.0. The number of para-hydroxylation sites is 1. The Morgan fingerprint density at radius 1 is 1.21 bits per heavy atom. The van der Waals surface area contributed by atoms with Gasteiger partial charge in [0.1, 0.15) is 17.8 Å². The number of nitrogens with two attached hydrogens (primary N) is 1. The molecule has 2 N–H and O–H groups in total. The number of amides is 1. The highest BCUT2D eigenvalue weighted by atomic mass is 19.4. The van der Waals surface area contributed by atoms with Crippen LogP contribution in [0, 0.1) is 0 Å². The number of carbonyl (C=O) groups is 1. The largest absolute Gasteiger partial charge is 0.491 e. The van der Waals surface area contributed by atoms with Crippen LogP contribution in [-0.2, 0) is 10.2 Å². The number of hydrogen-bond acceptors (Lipinski definition) is 5. The highest BCUT2D eigenvalue weighted by Gasteiger charge is 2.57. The van der Waals surface area contributed by atoms with E-state index in [4.69, 9.17) is 15.0 Å². The van der Waals surface area contributed by atoms with Gasteiger partial charge in [0.2, 0.25) is 5.91 Å². The van der Waals surface area contributed by atoms with Crippen molar-refractivity contribution in [2.75, 3.05) is 23.8 Å². The summed E-state index contributed by atoms with van der Waals surface area (Å²) in [5.41, 5.74) is 6.22. The summed E-state index contributed by atoms with van der Waals surface area (Å²) < 4.78 is 51.9. The first kappa shape index (κ1) is 21.1. The number of anilines is 2. The van der Waals surface area contributed by atoms with Gasteiger partial charge in [-0.05, 0) is 37.1 Å². The molecule has 0 aliphatic carbocycles. The summed E-state index contributed by atoms with van der Waals surface area (Å²) >= 11 is 0. The minimum atomic E-state index is -4.53. The van der Waals surface area contributed by atoms with E-state index in [0.717, 1.165) is 6.08 Å². The fourth-order valence-electron chi connectivity index (χ4n) is 4.82. The molecule has 1 amide bonds. The molecular formula is C24H20F3N3O3. The first-order valence-corrected chi connectivity index (χ1v) is 10.3. The van der Waals surface area contributed by atoms with Gasteiger partial charge in [-0.1, -0.05) is 35.5 Å². The highest BCUT2D eigenvalue weighted by molar-refractivity contribution is 6.12. The van der Waals surface area contributed by atoms with E-state index in [1.165, 1.54) is 24.8 Å². The third-order valence-corrected chi connectivity index (χ3v) is 6.39. The van der Waals surface area contributed by atoms with E-state index >= 15 is 0 Å². The molecule has 33 heavy (non-hydrogen) atoms. The van der Waals surface area contributed by atoms with Gasteiger partial charge in [-0.2, -0.15) is 13.2 Å². The average molecular weight is 455 g/mol. The quantitative estimate of drug-likeness (QED) is 0.569. The first-order valence-electron chi connectivity index (χ1n) is 10.3. The molecule has 3 aromatic rings. The fraction of sp³-hybridized carbons (Fsp3) is 0.250. The second kappa shape index (κ2) is 7.13. The summed E-state index contributed by atoms with van der Waals surface area (Å²) in [6.07, 6.45) is -2.11. The zero-order valence-electron chi connectivity index (χ0n) is 17.9. The number of fused-ring (bicyclic) bond motifs is 5. The van der Waals surface area contributed by atoms with Crippen molar-refractivity contribution in [1.29, 1.82) is 0 Å². The number of allylic oxidation sites excluding steroid dienone is 2. The van der Waals surface area contributed by atoms with Crippen LogP contribution in [0.2, 0.25) is 0 Å². The summed E-state index contributed by atoms with van der Waals surface area (Å²) in [6, 6.07) is 10.5. The monoisotopic (exact) mass is 455 g/mol. The minimum absolute atomic E-state index is 0.0167. The van der Waals surface area contributed by atoms with Gasteiger partial charge >= 0.3 is 6.18 Å². The molecule has 0 saturated carbocycles. The molecule has 2 aliphatic heterocycles. The van der Waals surface area contributed by atoms with Gasteiger partial charge in [0.15, 0.2) is 11.4 Å². The molecule has 0 fully saturated rings. The zero-order valence-corrected chi connectivity index (χ0v) is 17.9. The lowest BCUT2D eigenvalue weighted by atomic mass is 9.77. The summed E-state index contributed by atoms with van der Waals surface area (Å²) in [5.74, 6) is 0.290. The van der Waals surface area contributed by atoms with Gasteiger partial charge in [-0.15, -0.1) is 0 Å². The van der Waals surface area contributed by atoms with Crippen LogP contribution in [0.5, 0.6) is 5.75 Å². The second-order valence-electron chi connectivity index (χ2n) is 8.03. The first-order chi connectivity index (χ1) is 15.7. The third-order valence-electron chi connectivity index (χ3n) is 6.39. The number of aromatic nitrogens is 1. The SMILES string of the molecule is CC=C(CN1C(=O)C2(COc3cc4onc(N)c4cc32)c2ccccc21)C(=CC)C(F)(F)F. The zero-order chi connectivity index (χ0) is 23.5. The van der Waals surface area contributed by atoms with Crippen molar-refractivity contribution < 1.29 is 27.2 Å². The van der Waals surface area contributed by atoms with E-state index in [1.54, 1.807) is 30.3 Å². The molecule has 0 radical (unpaired) electrons. The lowest BCUT2D eigenvalue weighted by Crippen LogP contribution is -2.43. The number of alkyl halides is 3. The summed E-state index contributed by atoms with van der Waals surface area (Å²) in [6.45, 7) is 2.67. The second-order valence-corrected chi connectivity index (χ2v) is 8.03. The van der Waals surface area contributed by atoms with Gasteiger partial charge in [-0.3, -0.25) is 4.79 Å². The van der Waals surface area contributed by atoms with Crippen LogP contribution >= 0.6 is 0 Å². The molecule has 9 heteroatoms. The number of hydrogen-bond donors (Lipinski definition) is 1. The van der Waals surface area contributed by atoms with Crippen LogP contribution in [0.4, 0.5) is 24.7 Å². The standard InChI is InChI=1S/C24H20F3N3O3/c1-3-13(15(4-2)24(25,26)27)11-30-18-8-6-5-7-16(18)23(22(30)31)12-32-20-10-19-14(9-17(20)23)21(28)29-33-19/h3-10H,11-12H2,1-2H3,(H2,28,29). The Labute approximate surface area is 187 Å². The molecule has 1 spiro atoms. The van der Waals surface area contributed by atoms with Crippen molar-refractivity contribution in [2.45, 2.75) is 25.4 Å². The molecular weight excluding hydrogens is 435 g/mol. The van der Waals surface area contributed by atoms with Crippen LogP contribution in [0.3, 0.4) is 0 Å². The molecule has 170 valence electrons. The summed E-state index contributed by atoms with van der Waals surface area (Å²) in [7, 11) is 0. The van der Waals surface area contributed by atoms with Crippen LogP contribution in [0.15, 0.2) is 64.2 Å².